The summed E-state index contributed by atoms with van der Waals surface area (Å²) in [7, 11) is 1.76. The van der Waals surface area contributed by atoms with Crippen molar-refractivity contribution in [1.29, 1.82) is 0 Å². The van der Waals surface area contributed by atoms with Crippen LogP contribution in [0.3, 0.4) is 0 Å². The number of nitrogens with zero attached hydrogens (tertiary/aromatic N) is 4. The molecular formula is C21H13BrN4O3S. The summed E-state index contributed by atoms with van der Waals surface area (Å²) in [6.07, 6.45) is 0. The molecule has 0 aliphatic heterocycles. The minimum atomic E-state index is -0.467. The second kappa shape index (κ2) is 7.19. The van der Waals surface area contributed by atoms with E-state index in [1.165, 1.54) is 11.3 Å². The van der Waals surface area contributed by atoms with E-state index in [1.54, 1.807) is 29.1 Å². The van der Waals surface area contributed by atoms with Gasteiger partial charge in [-0.3, -0.25) is 0 Å². The summed E-state index contributed by atoms with van der Waals surface area (Å²) in [5, 5.41) is 22.4. The molecule has 3 aromatic heterocycles. The third-order valence-electron chi connectivity index (χ3n) is 4.75. The molecule has 9 heteroatoms. The first-order chi connectivity index (χ1) is 14.5. The van der Waals surface area contributed by atoms with E-state index in [4.69, 9.17) is 4.42 Å². The van der Waals surface area contributed by atoms with Crippen molar-refractivity contribution in [2.24, 2.45) is 17.3 Å². The lowest BCUT2D eigenvalue weighted by molar-refractivity contribution is 0.436. The van der Waals surface area contributed by atoms with Crippen LogP contribution in [0.25, 0.3) is 33.1 Å². The van der Waals surface area contributed by atoms with E-state index >= 15 is 0 Å². The molecule has 148 valence electrons. The van der Waals surface area contributed by atoms with Crippen LogP contribution in [0.15, 0.2) is 77.8 Å². The smallest absolute Gasteiger partial charge is 0.345 e. The number of aryl methyl sites for hydroxylation is 1. The number of rotatable bonds is 3. The van der Waals surface area contributed by atoms with Crippen LogP contribution in [0.4, 0.5) is 10.8 Å². The van der Waals surface area contributed by atoms with Gasteiger partial charge in [-0.05, 0) is 30.3 Å². The van der Waals surface area contributed by atoms with E-state index < -0.39 is 5.63 Å². The molecule has 0 atom stereocenters. The third kappa shape index (κ3) is 3.12. The maximum Gasteiger partial charge on any atom is 0.345 e. The maximum absolute atomic E-state index is 12.4. The Morgan fingerprint density at radius 2 is 2.00 bits per heavy atom. The summed E-state index contributed by atoms with van der Waals surface area (Å²) in [4.78, 5) is 16.8. The number of para-hydroxylation sites is 1. The van der Waals surface area contributed by atoms with Gasteiger partial charge in [-0.25, -0.2) is 9.78 Å². The van der Waals surface area contributed by atoms with E-state index in [2.05, 4.69) is 31.1 Å². The Hall–Kier alpha value is -3.30. The van der Waals surface area contributed by atoms with Gasteiger partial charge >= 0.3 is 5.63 Å². The number of hydrogen-bond donors (Lipinski definition) is 1. The first-order valence-electron chi connectivity index (χ1n) is 8.89. The molecule has 0 spiro atoms. The highest BCUT2D eigenvalue weighted by molar-refractivity contribution is 9.10. The molecule has 5 rings (SSSR count). The molecule has 0 unspecified atom stereocenters. The first-order valence-corrected chi connectivity index (χ1v) is 10.6. The number of benzene rings is 2. The normalized spacial score (nSPS) is 11.8. The summed E-state index contributed by atoms with van der Waals surface area (Å²) >= 11 is 4.67. The molecule has 0 fully saturated rings. The lowest BCUT2D eigenvalue weighted by Crippen LogP contribution is -2.02. The number of thiazole rings is 1. The van der Waals surface area contributed by atoms with Gasteiger partial charge in [0.1, 0.15) is 5.58 Å². The quantitative estimate of drug-likeness (QED) is 0.242. The van der Waals surface area contributed by atoms with Crippen molar-refractivity contribution in [3.05, 3.63) is 68.8 Å². The fourth-order valence-electron chi connectivity index (χ4n) is 3.26. The van der Waals surface area contributed by atoms with Crippen molar-refractivity contribution in [2.45, 2.75) is 0 Å². The van der Waals surface area contributed by atoms with Gasteiger partial charge in [0.15, 0.2) is 5.69 Å². The molecule has 0 saturated carbocycles. The second-order valence-electron chi connectivity index (χ2n) is 6.59. The van der Waals surface area contributed by atoms with Crippen LogP contribution in [0.1, 0.15) is 0 Å². The third-order valence-corrected chi connectivity index (χ3v) is 5.97. The monoisotopic (exact) mass is 480 g/mol. The fourth-order valence-corrected chi connectivity index (χ4v) is 4.27. The Morgan fingerprint density at radius 3 is 2.87 bits per heavy atom. The van der Waals surface area contributed by atoms with Crippen molar-refractivity contribution in [3.63, 3.8) is 0 Å². The summed E-state index contributed by atoms with van der Waals surface area (Å²) in [6, 6.07) is 14.7. The van der Waals surface area contributed by atoms with Gasteiger partial charge < -0.3 is 14.1 Å². The molecule has 1 N–H and O–H groups in total. The average Bonchev–Trinajstić information content (AvgIpc) is 3.30. The van der Waals surface area contributed by atoms with E-state index in [-0.39, 0.29) is 5.88 Å². The van der Waals surface area contributed by atoms with Gasteiger partial charge in [0.05, 0.1) is 16.8 Å². The van der Waals surface area contributed by atoms with E-state index in [0.717, 1.165) is 20.8 Å². The Labute approximate surface area is 182 Å². The van der Waals surface area contributed by atoms with Crippen LogP contribution in [-0.4, -0.2) is 14.7 Å². The molecule has 5 aromatic rings. The second-order valence-corrected chi connectivity index (χ2v) is 8.35. The van der Waals surface area contributed by atoms with Crippen molar-refractivity contribution >= 4 is 60.0 Å². The molecule has 0 radical (unpaired) electrons. The van der Waals surface area contributed by atoms with Crippen molar-refractivity contribution < 1.29 is 9.52 Å². The predicted molar refractivity (Wildman–Crippen MR) is 120 cm³/mol. The van der Waals surface area contributed by atoms with Crippen LogP contribution >= 0.6 is 27.3 Å². The topological polar surface area (TPSA) is 93.0 Å². The minimum Gasteiger partial charge on any atom is -0.493 e. The van der Waals surface area contributed by atoms with Gasteiger partial charge in [0.2, 0.25) is 11.0 Å². The van der Waals surface area contributed by atoms with Gasteiger partial charge in [0.25, 0.3) is 0 Å². The largest absolute Gasteiger partial charge is 0.493 e. The molecule has 0 amide bonds. The van der Waals surface area contributed by atoms with Crippen LogP contribution in [-0.2, 0) is 7.05 Å². The van der Waals surface area contributed by atoms with Crippen molar-refractivity contribution in [2.75, 3.05) is 0 Å². The summed E-state index contributed by atoms with van der Waals surface area (Å²) in [6.45, 7) is 0. The number of fused-ring (bicyclic) bond motifs is 2. The SMILES string of the molecule is Cn1c(O)c(N=Nc2nc(-c3cc4cc(Br)ccc4oc3=O)cs2)c2ccccc21. The van der Waals surface area contributed by atoms with Crippen molar-refractivity contribution in [3.8, 4) is 17.1 Å². The summed E-state index contributed by atoms with van der Waals surface area (Å²) < 4.78 is 7.94. The zero-order valence-corrected chi connectivity index (χ0v) is 17.9. The molecular weight excluding hydrogens is 468 g/mol. The van der Waals surface area contributed by atoms with Crippen LogP contribution in [0, 0.1) is 0 Å². The molecule has 7 nitrogen and oxygen atoms in total. The highest BCUT2D eigenvalue weighted by Gasteiger charge is 2.15. The van der Waals surface area contributed by atoms with Crippen LogP contribution in [0.2, 0.25) is 0 Å². The molecule has 3 heterocycles. The molecule has 0 aliphatic rings. The lowest BCUT2D eigenvalue weighted by atomic mass is 10.1. The molecule has 0 aliphatic carbocycles. The van der Waals surface area contributed by atoms with E-state index in [9.17, 15) is 9.90 Å². The maximum atomic E-state index is 12.4. The number of halogens is 1. The molecule has 0 saturated heterocycles. The lowest BCUT2D eigenvalue weighted by Gasteiger charge is -2.00. The zero-order valence-electron chi connectivity index (χ0n) is 15.5. The Kier molecular flexibility index (Phi) is 4.48. The highest BCUT2D eigenvalue weighted by Crippen LogP contribution is 2.39. The van der Waals surface area contributed by atoms with Gasteiger partial charge in [0, 0.05) is 27.7 Å². The number of aromatic hydroxyl groups is 1. The highest BCUT2D eigenvalue weighted by atomic mass is 79.9. The van der Waals surface area contributed by atoms with Gasteiger partial charge in [-0.1, -0.05) is 34.1 Å². The number of aromatic nitrogens is 2. The Morgan fingerprint density at radius 1 is 1.17 bits per heavy atom. The fraction of sp³-hybridized carbons (Fsp3) is 0.0476. The van der Waals surface area contributed by atoms with Gasteiger partial charge in [-0.15, -0.1) is 21.6 Å². The summed E-state index contributed by atoms with van der Waals surface area (Å²) in [5.74, 6) is 0.0254. The Bertz CT molecular complexity index is 1520. The standard InChI is InChI=1S/C21H13BrN4O3S/c1-26-16-5-3-2-4-13(16)18(19(26)27)24-25-21-23-15(10-30-21)14-9-11-8-12(22)6-7-17(11)29-20(14)28/h2-10,27H,1H3. The average molecular weight is 481 g/mol. The number of azo groups is 1. The van der Waals surface area contributed by atoms with E-state index in [1.807, 2.05) is 36.4 Å². The molecule has 30 heavy (non-hydrogen) atoms. The van der Waals surface area contributed by atoms with Crippen LogP contribution in [0.5, 0.6) is 5.88 Å². The zero-order chi connectivity index (χ0) is 20.8. The minimum absolute atomic E-state index is 0.0254. The molecule has 0 bridgehead atoms. The Balaban J connectivity index is 1.53. The first kappa shape index (κ1) is 18.7. The van der Waals surface area contributed by atoms with Crippen LogP contribution < -0.4 is 5.63 Å². The van der Waals surface area contributed by atoms with Gasteiger partial charge in [-0.2, -0.15) is 0 Å². The summed E-state index contributed by atoms with van der Waals surface area (Å²) in [5.41, 5.74) is 2.08. The van der Waals surface area contributed by atoms with E-state index in [0.29, 0.717) is 27.7 Å². The predicted octanol–water partition coefficient (Wildman–Crippen LogP) is 6.29. The number of hydrogen-bond acceptors (Lipinski definition) is 7. The van der Waals surface area contributed by atoms with Crippen molar-refractivity contribution in [1.82, 2.24) is 9.55 Å². The molecule has 2 aromatic carbocycles.